The zero-order valence-corrected chi connectivity index (χ0v) is 17.0. The van der Waals surface area contributed by atoms with Crippen LogP contribution in [0.2, 0.25) is 0 Å². The summed E-state index contributed by atoms with van der Waals surface area (Å²) in [5.74, 6) is -2.56. The highest BCUT2D eigenvalue weighted by molar-refractivity contribution is 9.10. The molecule has 0 aliphatic heterocycles. The van der Waals surface area contributed by atoms with Crippen molar-refractivity contribution in [1.82, 2.24) is 0 Å². The molecule has 0 aromatic heterocycles. The molecule has 1 fully saturated rings. The molecule has 1 saturated carbocycles. The summed E-state index contributed by atoms with van der Waals surface area (Å²) >= 11 is 3.16. The summed E-state index contributed by atoms with van der Waals surface area (Å²) in [5.41, 5.74) is 4.69. The molecule has 146 valence electrons. The van der Waals surface area contributed by atoms with Crippen LogP contribution in [-0.4, -0.2) is 24.5 Å². The first-order valence-corrected chi connectivity index (χ1v) is 10.8. The molecule has 2 aromatic rings. The van der Waals surface area contributed by atoms with Gasteiger partial charge in [0.2, 0.25) is 0 Å². The summed E-state index contributed by atoms with van der Waals surface area (Å²) in [4.78, 5) is 11.5. The number of benzene rings is 2. The van der Waals surface area contributed by atoms with Gasteiger partial charge in [0, 0.05) is 10.0 Å². The highest BCUT2D eigenvalue weighted by Crippen LogP contribution is 2.45. The number of primary amides is 1. The Morgan fingerprint density at radius 3 is 2.46 bits per heavy atom. The number of halogens is 1. The lowest BCUT2D eigenvalue weighted by molar-refractivity contribution is 0.0997. The van der Waals surface area contributed by atoms with E-state index >= 15 is 0 Å². The van der Waals surface area contributed by atoms with Gasteiger partial charge < -0.3 is 15.9 Å². The van der Waals surface area contributed by atoms with E-state index in [-0.39, 0.29) is 16.0 Å². The molecule has 7 nitrogen and oxygen atoms in total. The fourth-order valence-corrected chi connectivity index (χ4v) is 5.27. The minimum Gasteiger partial charge on any atom is -0.507 e. The molecule has 9 heteroatoms. The Morgan fingerprint density at radius 1 is 1.25 bits per heavy atom. The normalized spacial score (nSPS) is 15.4. The molecule has 0 spiro atoms. The lowest BCUT2D eigenvalue weighted by Crippen LogP contribution is -2.33. The molecule has 0 radical (unpaired) electrons. The molecule has 1 amide bonds. The number of hydrogen-bond acceptors (Lipinski definition) is 6. The number of carbonyl (C=O) groups is 1. The highest BCUT2D eigenvalue weighted by Gasteiger charge is 2.40. The Hall–Kier alpha value is -2.57. The van der Waals surface area contributed by atoms with Crippen molar-refractivity contribution in [1.29, 1.82) is 5.26 Å². The molecule has 0 bridgehead atoms. The number of nitrogens with zero attached hydrogens (tertiary/aromatic N) is 1. The summed E-state index contributed by atoms with van der Waals surface area (Å²) in [6.45, 7) is 0. The Bertz CT molecular complexity index is 1120. The fraction of sp³-hybridized carbons (Fsp3) is 0.263. The molecule has 3 rings (SSSR count). The predicted molar refractivity (Wildman–Crippen MR) is 104 cm³/mol. The third kappa shape index (κ3) is 3.45. The number of carbonyl (C=O) groups excluding carboxylic acids is 1. The fourth-order valence-electron chi connectivity index (χ4n) is 3.28. The Labute approximate surface area is 170 Å². The quantitative estimate of drug-likeness (QED) is 0.620. The van der Waals surface area contributed by atoms with Crippen molar-refractivity contribution in [2.45, 2.75) is 35.3 Å². The second-order valence-electron chi connectivity index (χ2n) is 6.81. The molecule has 0 atom stereocenters. The monoisotopic (exact) mass is 464 g/mol. The largest absolute Gasteiger partial charge is 0.507 e. The average molecular weight is 465 g/mol. The van der Waals surface area contributed by atoms with E-state index in [2.05, 4.69) is 22.0 Å². The van der Waals surface area contributed by atoms with Gasteiger partial charge in [-0.3, -0.25) is 4.79 Å². The zero-order valence-electron chi connectivity index (χ0n) is 14.6. The maximum atomic E-state index is 12.8. The second-order valence-corrected chi connectivity index (χ2v) is 9.69. The maximum absolute atomic E-state index is 12.8. The molecule has 0 saturated heterocycles. The van der Waals surface area contributed by atoms with Crippen LogP contribution in [0.1, 0.15) is 40.7 Å². The van der Waals surface area contributed by atoms with Crippen molar-refractivity contribution in [2.24, 2.45) is 5.73 Å². The lowest BCUT2D eigenvalue weighted by atomic mass is 9.65. The van der Waals surface area contributed by atoms with Gasteiger partial charge >= 0.3 is 0 Å². The van der Waals surface area contributed by atoms with Gasteiger partial charge in [0.1, 0.15) is 16.4 Å². The minimum atomic E-state index is -4.06. The zero-order chi connectivity index (χ0) is 20.7. The van der Waals surface area contributed by atoms with Crippen LogP contribution in [0.5, 0.6) is 11.5 Å². The van der Waals surface area contributed by atoms with Gasteiger partial charge in [0.25, 0.3) is 5.91 Å². The smallest absolute Gasteiger partial charge is 0.252 e. The number of rotatable bonds is 5. The van der Waals surface area contributed by atoms with E-state index in [4.69, 9.17) is 5.73 Å². The molecular formula is C19H17BrN2O5S. The lowest BCUT2D eigenvalue weighted by Gasteiger charge is -2.36. The van der Waals surface area contributed by atoms with Gasteiger partial charge in [-0.15, -0.1) is 0 Å². The van der Waals surface area contributed by atoms with Crippen molar-refractivity contribution in [3.05, 3.63) is 51.5 Å². The number of aromatic hydroxyl groups is 2. The highest BCUT2D eigenvalue weighted by atomic mass is 79.9. The number of phenols is 2. The number of nitriles is 1. The molecule has 4 N–H and O–H groups in total. The van der Waals surface area contributed by atoms with Gasteiger partial charge in [-0.25, -0.2) is 8.42 Å². The van der Waals surface area contributed by atoms with Crippen LogP contribution in [0, 0.1) is 11.3 Å². The summed E-state index contributed by atoms with van der Waals surface area (Å²) in [6, 6.07) is 8.99. The van der Waals surface area contributed by atoms with Crippen molar-refractivity contribution in [3.63, 3.8) is 0 Å². The van der Waals surface area contributed by atoms with Gasteiger partial charge in [-0.2, -0.15) is 5.26 Å². The third-order valence-electron chi connectivity index (χ3n) is 5.03. The van der Waals surface area contributed by atoms with Crippen LogP contribution in [-0.2, 0) is 21.0 Å². The topological polar surface area (TPSA) is 141 Å². The van der Waals surface area contributed by atoms with Crippen molar-refractivity contribution < 1.29 is 23.4 Å². The van der Waals surface area contributed by atoms with Gasteiger partial charge in [0.15, 0.2) is 9.84 Å². The van der Waals surface area contributed by atoms with Crippen LogP contribution in [0.3, 0.4) is 0 Å². The van der Waals surface area contributed by atoms with Crippen LogP contribution in [0.15, 0.2) is 39.7 Å². The Kier molecular flexibility index (Phi) is 5.12. The first kappa shape index (κ1) is 20.2. The van der Waals surface area contributed by atoms with E-state index in [1.165, 1.54) is 30.3 Å². The summed E-state index contributed by atoms with van der Waals surface area (Å²) in [6.07, 6.45) is 1.98. The van der Waals surface area contributed by atoms with E-state index in [1.807, 2.05) is 0 Å². The number of amides is 1. The first-order valence-electron chi connectivity index (χ1n) is 8.38. The predicted octanol–water partition coefficient (Wildman–Crippen LogP) is 2.88. The van der Waals surface area contributed by atoms with Crippen molar-refractivity contribution in [3.8, 4) is 17.6 Å². The molecule has 1 aliphatic rings. The average Bonchev–Trinajstić information content (AvgIpc) is 2.58. The number of phenolic OH excluding ortho intramolecular Hbond substituents is 1. The van der Waals surface area contributed by atoms with Gasteiger partial charge in [0.05, 0.1) is 22.8 Å². The van der Waals surface area contributed by atoms with E-state index in [9.17, 15) is 28.7 Å². The molecule has 0 unspecified atom stereocenters. The summed E-state index contributed by atoms with van der Waals surface area (Å²) < 4.78 is 26.2. The van der Waals surface area contributed by atoms with E-state index in [1.54, 1.807) is 0 Å². The van der Waals surface area contributed by atoms with Crippen molar-refractivity contribution in [2.75, 3.05) is 0 Å². The summed E-state index contributed by atoms with van der Waals surface area (Å²) in [7, 11) is -4.06. The molecule has 2 aromatic carbocycles. The molecule has 0 heterocycles. The Morgan fingerprint density at radius 2 is 1.93 bits per heavy atom. The summed E-state index contributed by atoms with van der Waals surface area (Å²) in [5, 5.41) is 29.9. The molecule has 1 aliphatic carbocycles. The number of sulfone groups is 1. The molecular weight excluding hydrogens is 448 g/mol. The van der Waals surface area contributed by atoms with Crippen LogP contribution in [0.4, 0.5) is 0 Å². The first-order chi connectivity index (χ1) is 13.1. The second kappa shape index (κ2) is 7.11. The van der Waals surface area contributed by atoms with Crippen molar-refractivity contribution >= 4 is 31.7 Å². The Balaban J connectivity index is 2.13. The number of hydrogen-bond donors (Lipinski definition) is 3. The van der Waals surface area contributed by atoms with Crippen LogP contribution >= 0.6 is 15.9 Å². The SMILES string of the molecule is N#CC1(c2cc(CS(=O)(=O)c3cc(Br)ccc3O)c(O)c(C(N)=O)c2)CCC1. The molecule has 28 heavy (non-hydrogen) atoms. The van der Waals surface area contributed by atoms with Gasteiger partial charge in [-0.1, -0.05) is 15.9 Å². The van der Waals surface area contributed by atoms with E-state index < -0.39 is 38.4 Å². The maximum Gasteiger partial charge on any atom is 0.252 e. The third-order valence-corrected chi connectivity index (χ3v) is 7.21. The van der Waals surface area contributed by atoms with E-state index in [0.29, 0.717) is 22.9 Å². The van der Waals surface area contributed by atoms with Crippen LogP contribution in [0.25, 0.3) is 0 Å². The standard InChI is InChI=1S/C19H17BrN2O5S/c20-13-2-3-15(23)16(8-13)28(26,27)9-11-6-12(19(10-21)4-1-5-19)7-14(17(11)24)18(22)25/h2-3,6-8,23-24H,1,4-5,9H2,(H2,22,25). The van der Waals surface area contributed by atoms with Crippen LogP contribution < -0.4 is 5.73 Å². The van der Waals surface area contributed by atoms with Gasteiger partial charge in [-0.05, 0) is 55.2 Å². The number of nitrogens with two attached hydrogens (primary N) is 1. The minimum absolute atomic E-state index is 0.0489. The van der Waals surface area contributed by atoms with E-state index in [0.717, 1.165) is 6.42 Å².